The third-order valence-electron chi connectivity index (χ3n) is 12.6. The van der Waals surface area contributed by atoms with Gasteiger partial charge < -0.3 is 27.9 Å². The fraction of sp³-hybridized carbons (Fsp3) is 0.800. The van der Waals surface area contributed by atoms with Gasteiger partial charge in [-0.1, -0.05) is 248 Å². The van der Waals surface area contributed by atoms with Crippen LogP contribution in [-0.4, -0.2) is 70.0 Å². The molecule has 70 heavy (non-hydrogen) atoms. The summed E-state index contributed by atoms with van der Waals surface area (Å²) in [6.07, 6.45) is 66.2. The molecule has 10 heteroatoms. The molecule has 2 unspecified atom stereocenters. The van der Waals surface area contributed by atoms with Gasteiger partial charge in [0.05, 0.1) is 27.7 Å². The SMILES string of the molecule is CC/C=C\C/C=C\C/C=C\C/C=C\C/C=C\CCCCCCCCCCCCCCCCCCCCCCCCCC(=O)OC(COC(=O)CCCCCCCCC)COP(=O)([O-])OCC[N+](C)(C)C. The number of esters is 2. The van der Waals surface area contributed by atoms with E-state index in [1.807, 2.05) is 21.1 Å². The maximum atomic E-state index is 12.7. The van der Waals surface area contributed by atoms with Gasteiger partial charge in [-0.2, -0.15) is 0 Å². The summed E-state index contributed by atoms with van der Waals surface area (Å²) in [7, 11) is 1.17. The fourth-order valence-electron chi connectivity index (χ4n) is 8.10. The molecule has 0 aromatic rings. The third-order valence-corrected chi connectivity index (χ3v) is 13.5. The maximum absolute atomic E-state index is 12.7. The lowest BCUT2D eigenvalue weighted by molar-refractivity contribution is -0.870. The zero-order valence-corrected chi connectivity index (χ0v) is 47.1. The molecule has 9 nitrogen and oxygen atoms in total. The molecule has 0 radical (unpaired) electrons. The minimum atomic E-state index is -4.62. The minimum Gasteiger partial charge on any atom is -0.756 e. The molecule has 0 aromatic carbocycles. The van der Waals surface area contributed by atoms with Crippen molar-refractivity contribution in [1.29, 1.82) is 0 Å². The van der Waals surface area contributed by atoms with Gasteiger partial charge in [0.1, 0.15) is 19.8 Å². The largest absolute Gasteiger partial charge is 0.756 e. The second-order valence-electron chi connectivity index (χ2n) is 20.6. The van der Waals surface area contributed by atoms with Crippen molar-refractivity contribution in [2.75, 3.05) is 47.5 Å². The van der Waals surface area contributed by atoms with Gasteiger partial charge in [-0.05, 0) is 57.8 Å². The number of phosphoric acid groups is 1. The quantitative estimate of drug-likeness (QED) is 0.0195. The van der Waals surface area contributed by atoms with E-state index in [-0.39, 0.29) is 32.0 Å². The summed E-state index contributed by atoms with van der Waals surface area (Å²) in [5.41, 5.74) is 0. The first-order valence-electron chi connectivity index (χ1n) is 29.0. The zero-order chi connectivity index (χ0) is 51.3. The number of unbranched alkanes of at least 4 members (excludes halogenated alkanes) is 29. The summed E-state index contributed by atoms with van der Waals surface area (Å²) in [4.78, 5) is 37.5. The number of quaternary nitrogens is 1. The highest BCUT2D eigenvalue weighted by atomic mass is 31.2. The van der Waals surface area contributed by atoms with Gasteiger partial charge in [-0.15, -0.1) is 0 Å². The molecule has 0 aliphatic rings. The Labute approximate surface area is 432 Å². The summed E-state index contributed by atoms with van der Waals surface area (Å²) in [5.74, 6) is -0.831. The van der Waals surface area contributed by atoms with Crippen molar-refractivity contribution < 1.29 is 42.1 Å². The van der Waals surface area contributed by atoms with Crippen molar-refractivity contribution in [1.82, 2.24) is 0 Å². The van der Waals surface area contributed by atoms with Crippen molar-refractivity contribution in [2.24, 2.45) is 0 Å². The van der Waals surface area contributed by atoms with Crippen molar-refractivity contribution in [2.45, 2.75) is 264 Å². The lowest BCUT2D eigenvalue weighted by atomic mass is 10.0. The Bertz CT molecular complexity index is 1370. The van der Waals surface area contributed by atoms with E-state index < -0.39 is 26.5 Å². The van der Waals surface area contributed by atoms with E-state index in [4.69, 9.17) is 18.5 Å². The monoisotopic (exact) mass is 1000 g/mol. The van der Waals surface area contributed by atoms with Crippen LogP contribution in [0, 0.1) is 0 Å². The van der Waals surface area contributed by atoms with Gasteiger partial charge in [0.25, 0.3) is 7.82 Å². The number of rotatable bonds is 53. The van der Waals surface area contributed by atoms with E-state index in [9.17, 15) is 19.0 Å². The number of allylic oxidation sites excluding steroid dienone is 10. The number of carbonyl (C=O) groups is 2. The minimum absolute atomic E-state index is 0.0290. The first-order valence-corrected chi connectivity index (χ1v) is 30.5. The van der Waals surface area contributed by atoms with Crippen LogP contribution in [0.5, 0.6) is 0 Å². The molecule has 0 heterocycles. The highest BCUT2D eigenvalue weighted by Gasteiger charge is 2.22. The Morgan fingerprint density at radius 2 is 0.814 bits per heavy atom. The number of likely N-dealkylation sites (N-methyl/N-ethyl adjacent to an activating group) is 1. The molecule has 0 amide bonds. The first kappa shape index (κ1) is 67.7. The van der Waals surface area contributed by atoms with Gasteiger partial charge in [0.2, 0.25) is 0 Å². The van der Waals surface area contributed by atoms with Crippen LogP contribution in [0.15, 0.2) is 60.8 Å². The second-order valence-corrected chi connectivity index (χ2v) is 22.0. The summed E-state index contributed by atoms with van der Waals surface area (Å²) < 4.78 is 33.9. The molecule has 0 aliphatic heterocycles. The third kappa shape index (κ3) is 55.0. The standard InChI is InChI=1S/C60H110NO8P/c1-6-8-10-12-14-15-16-17-18-19-20-21-22-23-24-25-26-27-28-29-30-31-32-33-34-35-36-37-38-39-40-41-42-43-44-45-47-49-51-53-60(63)69-58(57-68-70(64,65)67-55-54-61(3,4)5)56-66-59(62)52-50-48-46-13-11-9-7-2/h8,10,14-15,17-18,20-21,23-24,58H,6-7,9,11-13,16,19,22,25-57H2,1-5H3/b10-8-,15-14-,18-17-,21-20-,24-23-. The predicted molar refractivity (Wildman–Crippen MR) is 296 cm³/mol. The van der Waals surface area contributed by atoms with E-state index in [1.165, 1.54) is 161 Å². The summed E-state index contributed by atoms with van der Waals surface area (Å²) >= 11 is 0. The molecule has 0 rings (SSSR count). The molecule has 408 valence electrons. The Balaban J connectivity index is 3.80. The topological polar surface area (TPSA) is 111 Å². The van der Waals surface area contributed by atoms with Crippen LogP contribution in [0.25, 0.3) is 0 Å². The number of phosphoric ester groups is 1. The Kier molecular flexibility index (Phi) is 49.9. The van der Waals surface area contributed by atoms with E-state index in [0.717, 1.165) is 64.2 Å². The molecular formula is C60H110NO8P. The summed E-state index contributed by atoms with van der Waals surface area (Å²) in [6, 6.07) is 0. The molecule has 0 aliphatic carbocycles. The van der Waals surface area contributed by atoms with E-state index in [0.29, 0.717) is 17.4 Å². The van der Waals surface area contributed by atoms with E-state index in [2.05, 4.69) is 74.6 Å². The van der Waals surface area contributed by atoms with Crippen LogP contribution >= 0.6 is 7.82 Å². The van der Waals surface area contributed by atoms with Crippen molar-refractivity contribution >= 4 is 19.8 Å². The van der Waals surface area contributed by atoms with Crippen molar-refractivity contribution in [3.8, 4) is 0 Å². The Morgan fingerprint density at radius 1 is 0.457 bits per heavy atom. The smallest absolute Gasteiger partial charge is 0.306 e. The molecule has 0 saturated carbocycles. The number of nitrogens with zero attached hydrogens (tertiary/aromatic N) is 1. The molecule has 2 atom stereocenters. The number of ether oxygens (including phenoxy) is 2. The normalized spacial score (nSPS) is 13.7. The van der Waals surface area contributed by atoms with Crippen molar-refractivity contribution in [3.05, 3.63) is 60.8 Å². The lowest BCUT2D eigenvalue weighted by Crippen LogP contribution is -2.37. The number of carbonyl (C=O) groups excluding carboxylic acids is 2. The number of hydrogen-bond donors (Lipinski definition) is 0. The van der Waals surface area contributed by atoms with Crippen molar-refractivity contribution in [3.63, 3.8) is 0 Å². The van der Waals surface area contributed by atoms with E-state index in [1.54, 1.807) is 0 Å². The summed E-state index contributed by atoms with van der Waals surface area (Å²) in [6.45, 7) is 4.09. The maximum Gasteiger partial charge on any atom is 0.306 e. The summed E-state index contributed by atoms with van der Waals surface area (Å²) in [5, 5.41) is 0. The molecular weight excluding hydrogens is 894 g/mol. The van der Waals surface area contributed by atoms with Crippen LogP contribution in [0.2, 0.25) is 0 Å². The van der Waals surface area contributed by atoms with Gasteiger partial charge in [-0.25, -0.2) is 0 Å². The van der Waals surface area contributed by atoms with Gasteiger partial charge in [0, 0.05) is 12.8 Å². The van der Waals surface area contributed by atoms with Gasteiger partial charge in [-0.3, -0.25) is 14.2 Å². The average Bonchev–Trinajstić information content (AvgIpc) is 3.32. The molecule has 0 saturated heterocycles. The van der Waals surface area contributed by atoms with Gasteiger partial charge >= 0.3 is 11.9 Å². The number of hydrogen-bond acceptors (Lipinski definition) is 8. The zero-order valence-electron chi connectivity index (χ0n) is 46.2. The highest BCUT2D eigenvalue weighted by Crippen LogP contribution is 2.38. The Hall–Kier alpha value is -2.29. The second kappa shape index (κ2) is 51.6. The van der Waals surface area contributed by atoms with Crippen LogP contribution in [-0.2, 0) is 32.7 Å². The molecule has 0 aromatic heterocycles. The van der Waals surface area contributed by atoms with Crippen LogP contribution in [0.3, 0.4) is 0 Å². The van der Waals surface area contributed by atoms with Crippen LogP contribution < -0.4 is 4.89 Å². The van der Waals surface area contributed by atoms with Crippen LogP contribution in [0.4, 0.5) is 0 Å². The van der Waals surface area contributed by atoms with Gasteiger partial charge in [0.15, 0.2) is 6.10 Å². The Morgan fingerprint density at radius 3 is 1.21 bits per heavy atom. The lowest BCUT2D eigenvalue weighted by Gasteiger charge is -2.28. The molecule has 0 N–H and O–H groups in total. The molecule has 0 spiro atoms. The first-order chi connectivity index (χ1) is 34.0. The molecule has 0 bridgehead atoms. The average molecular weight is 1000 g/mol. The van der Waals surface area contributed by atoms with E-state index >= 15 is 0 Å². The fourth-order valence-corrected chi connectivity index (χ4v) is 8.82. The predicted octanol–water partition coefficient (Wildman–Crippen LogP) is 17.3. The van der Waals surface area contributed by atoms with Crippen LogP contribution in [0.1, 0.15) is 258 Å². The highest BCUT2D eigenvalue weighted by molar-refractivity contribution is 7.45. The molecule has 0 fully saturated rings.